The summed E-state index contributed by atoms with van der Waals surface area (Å²) in [7, 11) is 0. The molecule has 0 saturated carbocycles. The molecule has 9 heteroatoms. The molecule has 0 unspecified atom stereocenters. The van der Waals surface area contributed by atoms with E-state index in [2.05, 4.69) is 0 Å². The van der Waals surface area contributed by atoms with Crippen LogP contribution >= 0.6 is 37.2 Å². The monoisotopic (exact) mass is 328 g/mol. The standard InChI is InChI=1S/5ClH.Mo.2H3N.O/h5*1H;;2*1H3;. The molecule has 0 rings (SSSR count). The third-order valence-electron chi connectivity index (χ3n) is 0. The van der Waals surface area contributed by atoms with E-state index in [9.17, 15) is 0 Å². The topological polar surface area (TPSA) is 90.1 Å². The predicted molar refractivity (Wildman–Crippen MR) is 34.4 cm³/mol. The van der Waals surface area contributed by atoms with E-state index in [1.165, 1.54) is 0 Å². The summed E-state index contributed by atoms with van der Waals surface area (Å²) in [4.78, 5) is 0. The van der Waals surface area contributed by atoms with E-state index >= 15 is 0 Å². The van der Waals surface area contributed by atoms with Crippen LogP contribution in [-0.4, -0.2) is 0 Å². The number of rotatable bonds is 0. The Bertz CT molecular complexity index is 14.9. The molecule has 0 heterocycles. The van der Waals surface area contributed by atoms with E-state index in [-0.39, 0.29) is 74.3 Å². The average Bonchev–Trinajstić information content (AvgIpc) is 1.00. The molecular formula is H11Cl5MoN2O. The third kappa shape index (κ3) is 176. The van der Waals surface area contributed by atoms with E-state index in [0.717, 1.165) is 0 Å². The zero-order valence-corrected chi connectivity index (χ0v) is 10.8. The fourth-order valence-corrected chi connectivity index (χ4v) is 0. The molecule has 0 aromatic heterocycles. The molecule has 0 aliphatic rings. The minimum atomic E-state index is 0. The number of halogens is 5. The van der Waals surface area contributed by atoms with Crippen molar-refractivity contribution in [3.05, 3.63) is 0 Å². The quantitative estimate of drug-likeness (QED) is 0.435. The molecule has 0 amide bonds. The van der Waals surface area contributed by atoms with Crippen LogP contribution in [0.1, 0.15) is 0 Å². The van der Waals surface area contributed by atoms with Gasteiger partial charge < -0.3 is 37.1 Å². The Hall–Kier alpha value is 1.86. The normalized spacial score (nSPS) is 0.444. The Labute approximate surface area is 96.9 Å². The average molecular weight is 328 g/mol. The van der Waals surface area contributed by atoms with Crippen LogP contribution in [-0.2, 0) is 23.2 Å². The molecule has 0 aliphatic heterocycles. The van der Waals surface area contributed by atoms with Crippen LogP contribution in [0.25, 0.3) is 0 Å². The van der Waals surface area contributed by atoms with Crippen LogP contribution in [0.15, 0.2) is 0 Å². The van der Waals surface area contributed by atoms with Gasteiger partial charge in [0, 0.05) is 0 Å². The minimum absolute atomic E-state index is 0. The van der Waals surface area contributed by atoms with Gasteiger partial charge >= 0.3 is 23.2 Å². The fourth-order valence-electron chi connectivity index (χ4n) is 0. The fraction of sp³-hybridized carbons (Fsp3) is 0. The van der Waals surface area contributed by atoms with Crippen LogP contribution in [0.2, 0.25) is 0 Å². The van der Waals surface area contributed by atoms with Crippen LogP contribution in [0.5, 0.6) is 0 Å². The SMILES string of the molecule is Cl.Cl.Cl.[Cl-].[Cl-].[NH4+].[NH4+].[O]=[Mo]. The first-order chi connectivity index (χ1) is 1.00. The molecule has 0 radical (unpaired) electrons. The first-order valence-electron chi connectivity index (χ1n) is 0.167. The summed E-state index contributed by atoms with van der Waals surface area (Å²) >= 11 is 0.700. The molecule has 0 bridgehead atoms. The molecule has 68 valence electrons. The molecule has 0 saturated heterocycles. The molecule has 0 aliphatic carbocycles. The molecule has 0 aromatic rings. The van der Waals surface area contributed by atoms with Gasteiger partial charge in [-0.25, -0.2) is 0 Å². The van der Waals surface area contributed by atoms with Crippen LogP contribution < -0.4 is 37.1 Å². The van der Waals surface area contributed by atoms with Crippen molar-refractivity contribution in [2.24, 2.45) is 0 Å². The van der Waals surface area contributed by atoms with Gasteiger partial charge in [0.1, 0.15) is 0 Å². The summed E-state index contributed by atoms with van der Waals surface area (Å²) in [5.74, 6) is 0. The molecule has 0 aromatic carbocycles. The van der Waals surface area contributed by atoms with Gasteiger partial charge in [-0.05, 0) is 0 Å². The van der Waals surface area contributed by atoms with Crippen molar-refractivity contribution in [2.75, 3.05) is 0 Å². The summed E-state index contributed by atoms with van der Waals surface area (Å²) in [5, 5.41) is 0. The first-order valence-corrected chi connectivity index (χ1v) is 0.986. The second-order valence-electron chi connectivity index (χ2n) is 0. The van der Waals surface area contributed by atoms with E-state index < -0.39 is 0 Å². The van der Waals surface area contributed by atoms with Crippen LogP contribution in [0.4, 0.5) is 0 Å². The van der Waals surface area contributed by atoms with Crippen molar-refractivity contribution in [1.29, 1.82) is 0 Å². The van der Waals surface area contributed by atoms with Crippen molar-refractivity contribution < 1.29 is 48.0 Å². The van der Waals surface area contributed by atoms with Gasteiger partial charge in [-0.15, -0.1) is 37.2 Å². The predicted octanol–water partition coefficient (Wildman–Crippen LogP) is -4.10. The van der Waals surface area contributed by atoms with Crippen molar-refractivity contribution in [1.82, 2.24) is 12.3 Å². The number of hydrogen-bond acceptors (Lipinski definition) is 1. The second kappa shape index (κ2) is 224. The summed E-state index contributed by atoms with van der Waals surface area (Å²) in [5.41, 5.74) is 0. The second-order valence-corrected chi connectivity index (χ2v) is 0. The molecule has 0 spiro atoms. The summed E-state index contributed by atoms with van der Waals surface area (Å²) < 4.78 is 8.26. The molecule has 9 heavy (non-hydrogen) atoms. The van der Waals surface area contributed by atoms with Gasteiger partial charge in [-0.1, -0.05) is 0 Å². The molecule has 0 atom stereocenters. The van der Waals surface area contributed by atoms with Crippen molar-refractivity contribution >= 4 is 37.2 Å². The Kier molecular flexibility index (Phi) is 3210. The Balaban J connectivity index is -0.000000000238. The van der Waals surface area contributed by atoms with Gasteiger partial charge in [0.25, 0.3) is 0 Å². The van der Waals surface area contributed by atoms with E-state index in [4.69, 9.17) is 3.40 Å². The summed E-state index contributed by atoms with van der Waals surface area (Å²) in [6.45, 7) is 0. The zero-order chi connectivity index (χ0) is 2.00. The number of quaternary nitrogens is 2. The van der Waals surface area contributed by atoms with Gasteiger partial charge in [0.2, 0.25) is 0 Å². The van der Waals surface area contributed by atoms with Crippen molar-refractivity contribution in [2.45, 2.75) is 0 Å². The van der Waals surface area contributed by atoms with Crippen LogP contribution in [0, 0.1) is 0 Å². The molecule has 0 fully saturated rings. The summed E-state index contributed by atoms with van der Waals surface area (Å²) in [6, 6.07) is 0. The summed E-state index contributed by atoms with van der Waals surface area (Å²) in [6.07, 6.45) is 0. The maximum absolute atomic E-state index is 8.26. The van der Waals surface area contributed by atoms with Gasteiger partial charge in [0.15, 0.2) is 0 Å². The van der Waals surface area contributed by atoms with Crippen molar-refractivity contribution in [3.8, 4) is 0 Å². The van der Waals surface area contributed by atoms with Crippen LogP contribution in [0.3, 0.4) is 0 Å². The van der Waals surface area contributed by atoms with Crippen molar-refractivity contribution in [3.63, 3.8) is 0 Å². The molecule has 3 nitrogen and oxygen atoms in total. The van der Waals surface area contributed by atoms with E-state index in [1.54, 1.807) is 0 Å². The Morgan fingerprint density at radius 2 is 0.667 bits per heavy atom. The third-order valence-corrected chi connectivity index (χ3v) is 0. The van der Waals surface area contributed by atoms with Gasteiger partial charge in [-0.2, -0.15) is 0 Å². The van der Waals surface area contributed by atoms with E-state index in [1.807, 2.05) is 0 Å². The molecular weight excluding hydrogens is 317 g/mol. The first kappa shape index (κ1) is 129. The maximum atomic E-state index is 8.26. The van der Waals surface area contributed by atoms with Gasteiger partial charge in [-0.3, -0.25) is 0 Å². The van der Waals surface area contributed by atoms with Gasteiger partial charge in [0.05, 0.1) is 0 Å². The molecule has 8 N–H and O–H groups in total. The Morgan fingerprint density at radius 1 is 0.667 bits per heavy atom. The van der Waals surface area contributed by atoms with E-state index in [0.29, 0.717) is 19.8 Å². The zero-order valence-electron chi connectivity index (χ0n) is 4.80. The number of hydrogen-bond donors (Lipinski definition) is 2. The Morgan fingerprint density at radius 3 is 0.667 bits per heavy atom.